The zero-order chi connectivity index (χ0) is 9.14. The smallest absolute Gasteiger partial charge is 0.149 e. The molecule has 1 N–H and O–H groups in total. The zero-order valence-electron chi connectivity index (χ0n) is 7.69. The summed E-state index contributed by atoms with van der Waals surface area (Å²) in [6, 6.07) is 5.63. The molecule has 1 aromatic rings. The van der Waals surface area contributed by atoms with Crippen molar-refractivity contribution in [1.29, 1.82) is 0 Å². The first kappa shape index (κ1) is 9.04. The van der Waals surface area contributed by atoms with Crippen LogP contribution in [0.4, 0.5) is 10.1 Å². The van der Waals surface area contributed by atoms with Gasteiger partial charge in [0.05, 0.1) is 5.69 Å². The highest BCUT2D eigenvalue weighted by Crippen LogP contribution is 2.17. The van der Waals surface area contributed by atoms with E-state index in [2.05, 4.69) is 5.32 Å². The van der Waals surface area contributed by atoms with E-state index < -0.39 is 0 Å². The van der Waals surface area contributed by atoms with Gasteiger partial charge in [0.15, 0.2) is 0 Å². The third kappa shape index (κ3) is 1.97. The van der Waals surface area contributed by atoms with Crippen molar-refractivity contribution in [2.75, 3.05) is 5.32 Å². The number of rotatable bonds is 2. The van der Waals surface area contributed by atoms with E-state index in [0.717, 1.165) is 0 Å². The maximum atomic E-state index is 13.3. The quantitative estimate of drug-likeness (QED) is 0.714. The lowest BCUT2D eigenvalue weighted by Crippen LogP contribution is -2.11. The van der Waals surface area contributed by atoms with Crippen molar-refractivity contribution < 1.29 is 4.39 Å². The highest BCUT2D eigenvalue weighted by atomic mass is 19.1. The molecule has 1 aromatic carbocycles. The lowest BCUT2D eigenvalue weighted by molar-refractivity contribution is 0.619. The van der Waals surface area contributed by atoms with Gasteiger partial charge in [-0.25, -0.2) is 4.39 Å². The van der Waals surface area contributed by atoms with Gasteiger partial charge in [-0.05, 0) is 32.4 Å². The van der Waals surface area contributed by atoms with Crippen LogP contribution in [0.3, 0.4) is 0 Å². The van der Waals surface area contributed by atoms with Gasteiger partial charge in [-0.3, -0.25) is 0 Å². The fourth-order valence-corrected chi connectivity index (χ4v) is 1.07. The second kappa shape index (κ2) is 3.57. The third-order valence-corrected chi connectivity index (χ3v) is 1.64. The van der Waals surface area contributed by atoms with Crippen LogP contribution in [0.5, 0.6) is 0 Å². The Morgan fingerprint density at radius 2 is 2.00 bits per heavy atom. The van der Waals surface area contributed by atoms with Crippen LogP contribution in [0, 0.1) is 12.7 Å². The van der Waals surface area contributed by atoms with Gasteiger partial charge in [0, 0.05) is 6.04 Å². The van der Waals surface area contributed by atoms with Gasteiger partial charge in [-0.1, -0.05) is 12.1 Å². The van der Waals surface area contributed by atoms with Gasteiger partial charge in [0.2, 0.25) is 0 Å². The summed E-state index contributed by atoms with van der Waals surface area (Å²) >= 11 is 0. The zero-order valence-corrected chi connectivity index (χ0v) is 7.69. The molecule has 0 aromatic heterocycles. The fraction of sp³-hybridized carbons (Fsp3) is 0.400. The Bertz CT molecular complexity index is 269. The van der Waals surface area contributed by atoms with Crippen molar-refractivity contribution in [3.05, 3.63) is 29.6 Å². The standard InChI is InChI=1S/C10H14FN/c1-7(2)12-9-6-4-5-8(3)10(9)11/h4-7,12H,1-3H3. The molecule has 0 fully saturated rings. The van der Waals surface area contributed by atoms with Crippen LogP contribution in [-0.2, 0) is 0 Å². The van der Waals surface area contributed by atoms with Crippen LogP contribution in [0.2, 0.25) is 0 Å². The molecule has 1 nitrogen and oxygen atoms in total. The van der Waals surface area contributed by atoms with E-state index in [4.69, 9.17) is 0 Å². The molecule has 0 heterocycles. The van der Waals surface area contributed by atoms with Crippen molar-refractivity contribution in [1.82, 2.24) is 0 Å². The minimum Gasteiger partial charge on any atom is -0.380 e. The predicted octanol–water partition coefficient (Wildman–Crippen LogP) is 2.95. The molecule has 0 saturated carbocycles. The Morgan fingerprint density at radius 1 is 1.33 bits per heavy atom. The van der Waals surface area contributed by atoms with Gasteiger partial charge < -0.3 is 5.32 Å². The minimum absolute atomic E-state index is 0.147. The largest absolute Gasteiger partial charge is 0.380 e. The Hall–Kier alpha value is -1.05. The predicted molar refractivity (Wildman–Crippen MR) is 49.9 cm³/mol. The molecule has 0 saturated heterocycles. The van der Waals surface area contributed by atoms with Crippen LogP contribution in [-0.4, -0.2) is 6.04 Å². The van der Waals surface area contributed by atoms with E-state index in [0.29, 0.717) is 11.3 Å². The maximum absolute atomic E-state index is 13.3. The lowest BCUT2D eigenvalue weighted by Gasteiger charge is -2.11. The summed E-state index contributed by atoms with van der Waals surface area (Å²) in [5.41, 5.74) is 1.27. The molecule has 0 bridgehead atoms. The Kier molecular flexibility index (Phi) is 2.69. The summed E-state index contributed by atoms with van der Waals surface area (Å²) in [7, 11) is 0. The first-order chi connectivity index (χ1) is 5.61. The summed E-state index contributed by atoms with van der Waals surface area (Å²) < 4.78 is 13.3. The number of anilines is 1. The van der Waals surface area contributed by atoms with Crippen molar-refractivity contribution in [2.24, 2.45) is 0 Å². The summed E-state index contributed by atoms with van der Waals surface area (Å²) in [5, 5.41) is 3.04. The molecule has 0 aliphatic carbocycles. The summed E-state index contributed by atoms with van der Waals surface area (Å²) in [6.07, 6.45) is 0. The molecule has 0 radical (unpaired) electrons. The average molecular weight is 167 g/mol. The van der Waals surface area contributed by atoms with Crippen molar-refractivity contribution in [2.45, 2.75) is 26.8 Å². The van der Waals surface area contributed by atoms with E-state index in [1.54, 1.807) is 19.1 Å². The molecule has 12 heavy (non-hydrogen) atoms. The van der Waals surface area contributed by atoms with Crippen LogP contribution in [0.25, 0.3) is 0 Å². The average Bonchev–Trinajstić information content (AvgIpc) is 1.98. The van der Waals surface area contributed by atoms with Crippen LogP contribution >= 0.6 is 0 Å². The topological polar surface area (TPSA) is 12.0 Å². The van der Waals surface area contributed by atoms with Gasteiger partial charge in [0.25, 0.3) is 0 Å². The molecule has 0 aliphatic heterocycles. The first-order valence-corrected chi connectivity index (χ1v) is 4.13. The van der Waals surface area contributed by atoms with Crippen LogP contribution < -0.4 is 5.32 Å². The Labute approximate surface area is 72.6 Å². The van der Waals surface area contributed by atoms with Gasteiger partial charge in [-0.2, -0.15) is 0 Å². The van der Waals surface area contributed by atoms with Gasteiger partial charge in [0.1, 0.15) is 5.82 Å². The number of hydrogen-bond donors (Lipinski definition) is 1. The number of nitrogens with one attached hydrogen (secondary N) is 1. The van der Waals surface area contributed by atoms with E-state index in [1.807, 2.05) is 19.9 Å². The van der Waals surface area contributed by atoms with Crippen LogP contribution in [0.15, 0.2) is 18.2 Å². The van der Waals surface area contributed by atoms with Crippen molar-refractivity contribution in [3.8, 4) is 0 Å². The summed E-state index contributed by atoms with van der Waals surface area (Å²) in [6.45, 7) is 5.74. The number of aryl methyl sites for hydroxylation is 1. The normalized spacial score (nSPS) is 10.4. The molecule has 0 atom stereocenters. The molecule has 0 aliphatic rings. The maximum Gasteiger partial charge on any atom is 0.149 e. The van der Waals surface area contributed by atoms with Gasteiger partial charge >= 0.3 is 0 Å². The second-order valence-corrected chi connectivity index (χ2v) is 3.24. The van der Waals surface area contributed by atoms with E-state index in [-0.39, 0.29) is 11.9 Å². The highest BCUT2D eigenvalue weighted by Gasteiger charge is 2.04. The molecule has 0 amide bonds. The fourth-order valence-electron chi connectivity index (χ4n) is 1.07. The van der Waals surface area contributed by atoms with Crippen molar-refractivity contribution >= 4 is 5.69 Å². The molecule has 1 rings (SSSR count). The molecular weight excluding hydrogens is 153 g/mol. The Balaban J connectivity index is 2.92. The SMILES string of the molecule is Cc1cccc(NC(C)C)c1F. The van der Waals surface area contributed by atoms with Crippen molar-refractivity contribution in [3.63, 3.8) is 0 Å². The third-order valence-electron chi connectivity index (χ3n) is 1.64. The molecule has 2 heteroatoms. The summed E-state index contributed by atoms with van der Waals surface area (Å²) in [4.78, 5) is 0. The first-order valence-electron chi connectivity index (χ1n) is 4.13. The number of hydrogen-bond acceptors (Lipinski definition) is 1. The second-order valence-electron chi connectivity index (χ2n) is 3.24. The van der Waals surface area contributed by atoms with E-state index in [9.17, 15) is 4.39 Å². The monoisotopic (exact) mass is 167 g/mol. The number of benzene rings is 1. The van der Waals surface area contributed by atoms with Gasteiger partial charge in [-0.15, -0.1) is 0 Å². The van der Waals surface area contributed by atoms with Crippen LogP contribution in [0.1, 0.15) is 19.4 Å². The minimum atomic E-state index is -0.147. The summed E-state index contributed by atoms with van der Waals surface area (Å²) in [5.74, 6) is -0.147. The molecule has 0 spiro atoms. The molecule has 66 valence electrons. The lowest BCUT2D eigenvalue weighted by atomic mass is 10.2. The van der Waals surface area contributed by atoms with E-state index >= 15 is 0 Å². The number of halogens is 1. The highest BCUT2D eigenvalue weighted by molar-refractivity contribution is 5.47. The van der Waals surface area contributed by atoms with E-state index in [1.165, 1.54) is 0 Å². The Morgan fingerprint density at radius 3 is 2.58 bits per heavy atom. The molecule has 0 unspecified atom stereocenters. The molecular formula is C10H14FN.